The lowest BCUT2D eigenvalue weighted by molar-refractivity contribution is -0.301. The van der Waals surface area contributed by atoms with E-state index in [1.54, 1.807) is 0 Å². The minimum atomic E-state index is -5.08. The van der Waals surface area contributed by atoms with Crippen LogP contribution in [0.25, 0.3) is 0 Å². The van der Waals surface area contributed by atoms with Crippen LogP contribution in [0, 0.1) is 0 Å². The molecule has 1 heterocycles. The fourth-order valence-electron chi connectivity index (χ4n) is 6.99. The second kappa shape index (κ2) is 41.0. The monoisotopic (exact) mass is 911 g/mol. The third-order valence-electron chi connectivity index (χ3n) is 10.6. The molecule has 0 aromatic carbocycles. The number of aliphatic hydroxyl groups excluding tert-OH is 3. The quantitative estimate of drug-likeness (QED) is 0.0198. The molecule has 0 aliphatic carbocycles. The normalized spacial score (nSPS) is 20.5. The van der Waals surface area contributed by atoms with Crippen molar-refractivity contribution in [2.45, 2.75) is 211 Å². The lowest BCUT2D eigenvalue weighted by Crippen LogP contribution is -2.60. The van der Waals surface area contributed by atoms with Crippen molar-refractivity contribution in [3.8, 4) is 0 Å². The summed E-state index contributed by atoms with van der Waals surface area (Å²) >= 11 is 0. The number of carbonyl (C=O) groups excluding carboxylic acids is 1. The molecule has 364 valence electrons. The van der Waals surface area contributed by atoms with E-state index in [0.29, 0.717) is 13.0 Å². The van der Waals surface area contributed by atoms with E-state index >= 15 is 0 Å². The van der Waals surface area contributed by atoms with E-state index in [1.165, 1.54) is 89.9 Å². The van der Waals surface area contributed by atoms with Gasteiger partial charge in [0.1, 0.15) is 30.5 Å². The van der Waals surface area contributed by atoms with E-state index < -0.39 is 59.8 Å². The molecule has 0 saturated carbocycles. The Morgan fingerprint density at radius 1 is 0.619 bits per heavy atom. The smallest absolute Gasteiger partial charge is 0.397 e. The van der Waals surface area contributed by atoms with Crippen LogP contribution in [-0.4, -0.2) is 97.5 Å². The van der Waals surface area contributed by atoms with Crippen LogP contribution in [0.1, 0.15) is 174 Å². The fourth-order valence-corrected chi connectivity index (χ4v) is 7.50. The molecule has 63 heavy (non-hydrogen) atoms. The highest BCUT2D eigenvalue weighted by Gasteiger charge is 2.48. The van der Waals surface area contributed by atoms with E-state index in [4.69, 9.17) is 18.9 Å². The molecule has 6 atom stereocenters. The van der Waals surface area contributed by atoms with Crippen LogP contribution in [0.15, 0.2) is 72.9 Å². The Kier molecular flexibility index (Phi) is 38.1. The number of carbonyl (C=O) groups is 1. The zero-order chi connectivity index (χ0) is 46.1. The Bertz CT molecular complexity index is 1370. The van der Waals surface area contributed by atoms with Gasteiger partial charge in [0.25, 0.3) is 0 Å². The van der Waals surface area contributed by atoms with Crippen molar-refractivity contribution >= 4 is 16.4 Å². The summed E-state index contributed by atoms with van der Waals surface area (Å²) in [5, 5.41) is 30.7. The Labute approximate surface area is 381 Å². The topological polar surface area (TPSA) is 178 Å². The molecule has 0 aromatic heterocycles. The highest BCUT2D eigenvalue weighted by molar-refractivity contribution is 7.80. The predicted octanol–water partition coefficient (Wildman–Crippen LogP) is 10.7. The Morgan fingerprint density at radius 2 is 1.06 bits per heavy atom. The molecule has 0 radical (unpaired) electrons. The van der Waals surface area contributed by atoms with Crippen LogP contribution in [0.4, 0.5) is 0 Å². The van der Waals surface area contributed by atoms with E-state index in [9.17, 15) is 33.1 Å². The minimum absolute atomic E-state index is 0.00429. The number of esters is 1. The van der Waals surface area contributed by atoms with Gasteiger partial charge in [0.15, 0.2) is 6.29 Å². The van der Waals surface area contributed by atoms with Crippen molar-refractivity contribution < 1.29 is 56.2 Å². The maximum Gasteiger partial charge on any atom is 0.397 e. The fraction of sp³-hybridized carbons (Fsp3) is 0.740. The van der Waals surface area contributed by atoms with Gasteiger partial charge in [-0.1, -0.05) is 189 Å². The Hall–Kier alpha value is -2.46. The van der Waals surface area contributed by atoms with Crippen LogP contribution in [-0.2, 0) is 38.3 Å². The molecule has 1 aliphatic rings. The zero-order valence-corrected chi connectivity index (χ0v) is 39.7. The summed E-state index contributed by atoms with van der Waals surface area (Å²) in [6, 6.07) is 0. The lowest BCUT2D eigenvalue weighted by Gasteiger charge is -2.41. The first-order chi connectivity index (χ1) is 30.6. The molecule has 0 bridgehead atoms. The third kappa shape index (κ3) is 34.5. The highest BCUT2D eigenvalue weighted by atomic mass is 32.3. The van der Waals surface area contributed by atoms with Crippen molar-refractivity contribution in [1.82, 2.24) is 0 Å². The molecule has 1 saturated heterocycles. The van der Waals surface area contributed by atoms with Crippen LogP contribution in [0.2, 0.25) is 0 Å². The molecule has 1 rings (SSSR count). The third-order valence-corrected chi connectivity index (χ3v) is 11.1. The maximum absolute atomic E-state index is 12.8. The number of aliphatic hydroxyl groups is 3. The zero-order valence-electron chi connectivity index (χ0n) is 38.9. The first kappa shape index (κ1) is 58.6. The van der Waals surface area contributed by atoms with Crippen molar-refractivity contribution in [1.29, 1.82) is 0 Å². The second-order valence-electron chi connectivity index (χ2n) is 16.3. The molecule has 13 heteroatoms. The Balaban J connectivity index is 2.46. The van der Waals surface area contributed by atoms with E-state index in [0.717, 1.165) is 57.8 Å². The largest absolute Gasteiger partial charge is 0.457 e. The van der Waals surface area contributed by atoms with Crippen LogP contribution < -0.4 is 0 Å². The molecule has 0 aromatic rings. The number of rotatable bonds is 41. The lowest BCUT2D eigenvalue weighted by atomic mass is 9.99. The second-order valence-corrected chi connectivity index (χ2v) is 17.4. The first-order valence-electron chi connectivity index (χ1n) is 24.2. The molecule has 4 N–H and O–H groups in total. The van der Waals surface area contributed by atoms with Gasteiger partial charge in [-0.25, -0.2) is 4.18 Å². The SMILES string of the molecule is CC/C=C\C/C=C\C/C=C\C/C=C\C/C=C\C/C=C\CCC(=O)OC(COCCCCCCCCCCCCCCCCCCC)COC1OC(CO)C(O)C(OS(=O)(=O)O)C1O. The average Bonchev–Trinajstić information content (AvgIpc) is 3.26. The average molecular weight is 911 g/mol. The summed E-state index contributed by atoms with van der Waals surface area (Å²) in [4.78, 5) is 12.8. The van der Waals surface area contributed by atoms with E-state index in [2.05, 4.69) is 78.8 Å². The number of unbranched alkanes of at least 4 members (excludes halogenated alkanes) is 16. The summed E-state index contributed by atoms with van der Waals surface area (Å²) in [5.41, 5.74) is 0. The molecule has 0 amide bonds. The van der Waals surface area contributed by atoms with Crippen LogP contribution in [0.5, 0.6) is 0 Å². The number of hydrogen-bond donors (Lipinski definition) is 4. The van der Waals surface area contributed by atoms with Gasteiger partial charge >= 0.3 is 16.4 Å². The van der Waals surface area contributed by atoms with Gasteiger partial charge in [0.05, 0.1) is 19.8 Å². The van der Waals surface area contributed by atoms with Crippen molar-refractivity contribution in [3.63, 3.8) is 0 Å². The van der Waals surface area contributed by atoms with Gasteiger partial charge in [0.2, 0.25) is 0 Å². The van der Waals surface area contributed by atoms with Gasteiger partial charge in [-0.05, 0) is 51.4 Å². The summed E-state index contributed by atoms with van der Waals surface area (Å²) in [7, 11) is -5.08. The molecule has 1 fully saturated rings. The van der Waals surface area contributed by atoms with E-state index in [1.807, 2.05) is 12.2 Å². The molecule has 1 aliphatic heterocycles. The number of hydrogen-bond acceptors (Lipinski definition) is 11. The van der Waals surface area contributed by atoms with Crippen molar-refractivity contribution in [3.05, 3.63) is 72.9 Å². The van der Waals surface area contributed by atoms with Crippen LogP contribution in [0.3, 0.4) is 0 Å². The number of allylic oxidation sites excluding steroid dienone is 12. The Morgan fingerprint density at radius 3 is 1.51 bits per heavy atom. The van der Waals surface area contributed by atoms with Gasteiger partial charge in [-0.15, -0.1) is 0 Å². The molecule has 6 unspecified atom stereocenters. The maximum atomic E-state index is 12.8. The molecule has 12 nitrogen and oxygen atoms in total. The summed E-state index contributed by atoms with van der Waals surface area (Å²) < 4.78 is 59.1. The van der Waals surface area contributed by atoms with Crippen LogP contribution >= 0.6 is 0 Å². The summed E-state index contributed by atoms with van der Waals surface area (Å²) in [6.45, 7) is 3.79. The van der Waals surface area contributed by atoms with Gasteiger partial charge < -0.3 is 34.3 Å². The standard InChI is InChI=1S/C50H86O12S/c1-3-5-7-9-11-13-15-17-19-21-22-23-25-27-29-31-33-35-37-39-46(52)60-44(43-59-50-48(54)49(62-63(55,56)57)47(53)45(41-51)61-50)42-58-40-38-36-34-32-30-28-26-24-20-18-16-14-12-10-8-6-4-2/h5,7,11,13,17,19,22-23,27,29,33,35,44-45,47-51,53-54H,3-4,6,8-10,12,14-16,18,20-21,24-26,28,30-32,34,36-43H2,1-2H3,(H,55,56,57)/b7-5-,13-11-,19-17-,23-22-,29-27-,35-33-. The number of ether oxygens (including phenoxy) is 4. The molecular formula is C50H86O12S. The van der Waals surface area contributed by atoms with E-state index in [-0.39, 0.29) is 19.6 Å². The van der Waals surface area contributed by atoms with Gasteiger partial charge in [-0.3, -0.25) is 9.35 Å². The van der Waals surface area contributed by atoms with Crippen molar-refractivity contribution in [2.24, 2.45) is 0 Å². The minimum Gasteiger partial charge on any atom is -0.457 e. The van der Waals surface area contributed by atoms with Crippen molar-refractivity contribution in [2.75, 3.05) is 26.4 Å². The van der Waals surface area contributed by atoms with Gasteiger partial charge in [-0.2, -0.15) is 8.42 Å². The first-order valence-corrected chi connectivity index (χ1v) is 25.6. The summed E-state index contributed by atoms with van der Waals surface area (Å²) in [5.74, 6) is -0.481. The molecule has 0 spiro atoms. The van der Waals surface area contributed by atoms with Gasteiger partial charge in [0, 0.05) is 13.0 Å². The summed E-state index contributed by atoms with van der Waals surface area (Å²) in [6.07, 6.45) is 43.8. The highest BCUT2D eigenvalue weighted by Crippen LogP contribution is 2.26. The molecular weight excluding hydrogens is 825 g/mol. The predicted molar refractivity (Wildman–Crippen MR) is 252 cm³/mol.